The van der Waals surface area contributed by atoms with E-state index in [0.717, 1.165) is 24.3 Å². The molecule has 1 saturated carbocycles. The number of carbonyl (C=O) groups excluding carboxylic acids is 1. The lowest BCUT2D eigenvalue weighted by molar-refractivity contribution is 0.208. The molecule has 1 atom stereocenters. The number of nitrogens with two attached hydrogens (primary N) is 1. The van der Waals surface area contributed by atoms with Crippen molar-refractivity contribution in [2.75, 3.05) is 13.2 Å². The van der Waals surface area contributed by atoms with Crippen molar-refractivity contribution in [2.24, 2.45) is 11.7 Å². The fourth-order valence-corrected chi connectivity index (χ4v) is 3.01. The average Bonchev–Trinajstić information content (AvgIpc) is 2.54. The Kier molecular flexibility index (Phi) is 6.52. The number of hydrogen-bond acceptors (Lipinski definition) is 3. The van der Waals surface area contributed by atoms with Gasteiger partial charge in [-0.15, -0.1) is 0 Å². The van der Waals surface area contributed by atoms with Crippen LogP contribution in [0.3, 0.4) is 0 Å². The molecule has 1 aliphatic carbocycles. The summed E-state index contributed by atoms with van der Waals surface area (Å²) in [5, 5.41) is 0. The summed E-state index contributed by atoms with van der Waals surface area (Å²) in [4.78, 5) is 10.6. The maximum Gasteiger partial charge on any atom is 0.120 e. The van der Waals surface area contributed by atoms with Gasteiger partial charge in [0.2, 0.25) is 0 Å². The van der Waals surface area contributed by atoms with Crippen molar-refractivity contribution in [1.29, 1.82) is 0 Å². The van der Waals surface area contributed by atoms with Gasteiger partial charge in [0, 0.05) is 12.0 Å². The average molecular weight is 287 g/mol. The Morgan fingerprint density at radius 1 is 1.33 bits per heavy atom. The third-order valence-electron chi connectivity index (χ3n) is 4.24. The molecule has 2 rings (SSSR count). The van der Waals surface area contributed by atoms with Crippen molar-refractivity contribution in [3.8, 4) is 5.75 Å². The van der Waals surface area contributed by atoms with Crippen LogP contribution in [0, 0.1) is 5.92 Å². The summed E-state index contributed by atoms with van der Waals surface area (Å²) in [5.74, 6) is 3.50. The minimum absolute atomic E-state index is 0.0331. The SMILES string of the molecule is NCC[C@@H](C=C=O)c1cccc(OCC2CCCCC2)c1. The second kappa shape index (κ2) is 8.66. The first-order valence-electron chi connectivity index (χ1n) is 7.97. The van der Waals surface area contributed by atoms with Gasteiger partial charge in [0.25, 0.3) is 0 Å². The third kappa shape index (κ3) is 5.04. The van der Waals surface area contributed by atoms with E-state index in [-0.39, 0.29) is 5.92 Å². The van der Waals surface area contributed by atoms with Crippen molar-refractivity contribution in [3.63, 3.8) is 0 Å². The molecule has 0 spiro atoms. The van der Waals surface area contributed by atoms with Crippen LogP contribution >= 0.6 is 0 Å². The van der Waals surface area contributed by atoms with Gasteiger partial charge >= 0.3 is 0 Å². The van der Waals surface area contributed by atoms with Crippen LogP contribution in [0.2, 0.25) is 0 Å². The lowest BCUT2D eigenvalue weighted by Crippen LogP contribution is -2.15. The van der Waals surface area contributed by atoms with Gasteiger partial charge in [-0.3, -0.25) is 0 Å². The smallest absolute Gasteiger partial charge is 0.120 e. The highest BCUT2D eigenvalue weighted by Crippen LogP contribution is 2.27. The topological polar surface area (TPSA) is 52.3 Å². The zero-order valence-electron chi connectivity index (χ0n) is 12.6. The molecule has 114 valence electrons. The van der Waals surface area contributed by atoms with E-state index in [2.05, 4.69) is 0 Å². The summed E-state index contributed by atoms with van der Waals surface area (Å²) >= 11 is 0. The molecule has 1 fully saturated rings. The second-order valence-electron chi connectivity index (χ2n) is 5.86. The minimum Gasteiger partial charge on any atom is -0.493 e. The Balaban J connectivity index is 1.97. The molecule has 1 aromatic rings. The lowest BCUT2D eigenvalue weighted by Gasteiger charge is -2.22. The molecule has 3 nitrogen and oxygen atoms in total. The zero-order chi connectivity index (χ0) is 14.9. The predicted molar refractivity (Wildman–Crippen MR) is 85.2 cm³/mol. The molecule has 0 radical (unpaired) electrons. The van der Waals surface area contributed by atoms with Crippen LogP contribution in [-0.2, 0) is 4.79 Å². The zero-order valence-corrected chi connectivity index (χ0v) is 12.6. The van der Waals surface area contributed by atoms with Crippen molar-refractivity contribution in [1.82, 2.24) is 0 Å². The van der Waals surface area contributed by atoms with Gasteiger partial charge in [-0.05, 0) is 49.4 Å². The van der Waals surface area contributed by atoms with Gasteiger partial charge < -0.3 is 10.5 Å². The van der Waals surface area contributed by atoms with E-state index in [1.807, 2.05) is 30.2 Å². The van der Waals surface area contributed by atoms with Crippen molar-refractivity contribution < 1.29 is 9.53 Å². The molecular formula is C18H25NO2. The Hall–Kier alpha value is -1.57. The summed E-state index contributed by atoms with van der Waals surface area (Å²) in [6, 6.07) is 8.00. The van der Waals surface area contributed by atoms with E-state index in [1.54, 1.807) is 6.08 Å². The van der Waals surface area contributed by atoms with Gasteiger partial charge in [0.05, 0.1) is 6.61 Å². The molecule has 2 N–H and O–H groups in total. The molecule has 0 unspecified atom stereocenters. The molecular weight excluding hydrogens is 262 g/mol. The molecule has 3 heteroatoms. The van der Waals surface area contributed by atoms with Crippen LogP contribution < -0.4 is 10.5 Å². The van der Waals surface area contributed by atoms with Crippen molar-refractivity contribution in [2.45, 2.75) is 44.4 Å². The maximum absolute atomic E-state index is 10.6. The molecule has 0 saturated heterocycles. The largest absolute Gasteiger partial charge is 0.493 e. The Morgan fingerprint density at radius 3 is 2.86 bits per heavy atom. The van der Waals surface area contributed by atoms with E-state index in [9.17, 15) is 4.79 Å². The van der Waals surface area contributed by atoms with Gasteiger partial charge in [-0.25, -0.2) is 4.79 Å². The van der Waals surface area contributed by atoms with Crippen molar-refractivity contribution >= 4 is 5.94 Å². The van der Waals surface area contributed by atoms with Gasteiger partial charge in [-0.2, -0.15) is 0 Å². The first kappa shape index (κ1) is 15.8. The Bertz CT molecular complexity index is 474. The minimum atomic E-state index is 0.0331. The molecule has 0 bridgehead atoms. The van der Waals surface area contributed by atoms with E-state index >= 15 is 0 Å². The number of rotatable bonds is 7. The molecule has 0 heterocycles. The second-order valence-corrected chi connectivity index (χ2v) is 5.86. The van der Waals surface area contributed by atoms with Crippen LogP contribution in [0.15, 0.2) is 30.3 Å². The van der Waals surface area contributed by atoms with Crippen LogP contribution in [0.4, 0.5) is 0 Å². The summed E-state index contributed by atoms with van der Waals surface area (Å²) in [7, 11) is 0. The van der Waals surface area contributed by atoms with E-state index in [0.29, 0.717) is 12.5 Å². The number of benzene rings is 1. The van der Waals surface area contributed by atoms with Crippen LogP contribution in [0.1, 0.15) is 50.0 Å². The first-order chi connectivity index (χ1) is 10.3. The van der Waals surface area contributed by atoms with Crippen LogP contribution in [0.5, 0.6) is 5.75 Å². The summed E-state index contributed by atoms with van der Waals surface area (Å²) in [6.07, 6.45) is 8.89. The number of ether oxygens (including phenoxy) is 1. The lowest BCUT2D eigenvalue weighted by atomic mass is 9.90. The Morgan fingerprint density at radius 2 is 2.14 bits per heavy atom. The van der Waals surface area contributed by atoms with E-state index in [1.165, 1.54) is 32.1 Å². The summed E-state index contributed by atoms with van der Waals surface area (Å²) < 4.78 is 5.95. The normalized spacial score (nSPS) is 17.0. The van der Waals surface area contributed by atoms with Gasteiger partial charge in [0.15, 0.2) is 0 Å². The monoisotopic (exact) mass is 287 g/mol. The highest BCUT2D eigenvalue weighted by atomic mass is 16.5. The standard InChI is InChI=1S/C18H25NO2/c19-11-9-16(10-12-20)17-7-4-8-18(13-17)21-14-15-5-2-1-3-6-15/h4,7-8,10,13,15-16H,1-3,5-6,9,11,14,19H2/t16-/m0/s1. The molecule has 0 aromatic heterocycles. The third-order valence-corrected chi connectivity index (χ3v) is 4.24. The Labute approximate surface area is 127 Å². The molecule has 0 amide bonds. The fourth-order valence-electron chi connectivity index (χ4n) is 3.01. The highest BCUT2D eigenvalue weighted by molar-refractivity contribution is 5.49. The first-order valence-corrected chi connectivity index (χ1v) is 7.97. The van der Waals surface area contributed by atoms with Crippen LogP contribution in [-0.4, -0.2) is 19.1 Å². The van der Waals surface area contributed by atoms with Gasteiger partial charge in [0.1, 0.15) is 11.7 Å². The molecule has 1 aliphatic rings. The maximum atomic E-state index is 10.6. The molecule has 1 aromatic carbocycles. The highest BCUT2D eigenvalue weighted by Gasteiger charge is 2.14. The molecule has 21 heavy (non-hydrogen) atoms. The van der Waals surface area contributed by atoms with Crippen LogP contribution in [0.25, 0.3) is 0 Å². The summed E-state index contributed by atoms with van der Waals surface area (Å²) in [6.45, 7) is 1.35. The number of allylic oxidation sites excluding steroid dienone is 1. The van der Waals surface area contributed by atoms with Gasteiger partial charge in [-0.1, -0.05) is 31.4 Å². The summed E-state index contributed by atoms with van der Waals surface area (Å²) in [5.41, 5.74) is 6.68. The van der Waals surface area contributed by atoms with Crippen molar-refractivity contribution in [3.05, 3.63) is 35.9 Å². The number of hydrogen-bond donors (Lipinski definition) is 1. The van der Waals surface area contributed by atoms with E-state index in [4.69, 9.17) is 10.5 Å². The van der Waals surface area contributed by atoms with E-state index < -0.39 is 0 Å². The predicted octanol–water partition coefficient (Wildman–Crippen LogP) is 3.47. The quantitative estimate of drug-likeness (QED) is 0.781. The molecule has 0 aliphatic heterocycles. The fraction of sp³-hybridized carbons (Fsp3) is 0.556.